The summed E-state index contributed by atoms with van der Waals surface area (Å²) in [5, 5.41) is 3.55. The topological polar surface area (TPSA) is 38.3 Å². The number of rotatable bonds is 5. The molecule has 1 atom stereocenters. The molecule has 2 aromatic carbocycles. The smallest absolute Gasteiger partial charge is 0.265 e. The van der Waals surface area contributed by atoms with Gasteiger partial charge in [-0.25, -0.2) is 4.39 Å². The molecule has 1 unspecified atom stereocenters. The van der Waals surface area contributed by atoms with Crippen LogP contribution >= 0.6 is 23.2 Å². The normalized spacial score (nSPS) is 11.8. The van der Waals surface area contributed by atoms with Crippen LogP contribution in [0.15, 0.2) is 42.5 Å². The fraction of sp³-hybridized carbons (Fsp3) is 0.188. The summed E-state index contributed by atoms with van der Waals surface area (Å²) in [7, 11) is 0. The van der Waals surface area contributed by atoms with Crippen molar-refractivity contribution < 1.29 is 13.9 Å². The van der Waals surface area contributed by atoms with Gasteiger partial charge in [0.25, 0.3) is 5.91 Å². The third-order valence-electron chi connectivity index (χ3n) is 2.89. The van der Waals surface area contributed by atoms with Gasteiger partial charge in [0.15, 0.2) is 6.10 Å². The van der Waals surface area contributed by atoms with E-state index >= 15 is 0 Å². The second kappa shape index (κ2) is 7.47. The second-order valence-corrected chi connectivity index (χ2v) is 5.49. The van der Waals surface area contributed by atoms with Crippen LogP contribution in [0.25, 0.3) is 0 Å². The Balaban J connectivity index is 2.06. The molecule has 0 saturated carbocycles. The zero-order valence-corrected chi connectivity index (χ0v) is 13.3. The van der Waals surface area contributed by atoms with Crippen LogP contribution in [0.1, 0.15) is 13.3 Å². The van der Waals surface area contributed by atoms with Crippen LogP contribution in [0.3, 0.4) is 0 Å². The Bertz CT molecular complexity index is 641. The molecule has 0 spiro atoms. The fourth-order valence-corrected chi connectivity index (χ4v) is 2.37. The first-order valence-electron chi connectivity index (χ1n) is 6.67. The van der Waals surface area contributed by atoms with Crippen molar-refractivity contribution in [3.63, 3.8) is 0 Å². The maximum atomic E-state index is 12.9. The van der Waals surface area contributed by atoms with Gasteiger partial charge in [-0.15, -0.1) is 0 Å². The Morgan fingerprint density at radius 1 is 1.18 bits per heavy atom. The highest BCUT2D eigenvalue weighted by atomic mass is 35.5. The molecule has 0 aromatic heterocycles. The van der Waals surface area contributed by atoms with E-state index in [1.807, 2.05) is 6.92 Å². The predicted octanol–water partition coefficient (Wildman–Crippen LogP) is 4.93. The van der Waals surface area contributed by atoms with Gasteiger partial charge in [0, 0.05) is 15.7 Å². The molecular formula is C16H14Cl2FNO2. The molecule has 2 aromatic rings. The second-order valence-electron chi connectivity index (χ2n) is 4.62. The quantitative estimate of drug-likeness (QED) is 0.837. The van der Waals surface area contributed by atoms with Gasteiger partial charge in [-0.2, -0.15) is 0 Å². The molecule has 1 amide bonds. The molecule has 2 rings (SSSR count). The highest BCUT2D eigenvalue weighted by Gasteiger charge is 2.19. The summed E-state index contributed by atoms with van der Waals surface area (Å²) in [6, 6.07) is 10.3. The maximum absolute atomic E-state index is 12.9. The van der Waals surface area contributed by atoms with Crippen molar-refractivity contribution in [3.05, 3.63) is 58.3 Å². The largest absolute Gasteiger partial charge is 0.481 e. The summed E-state index contributed by atoms with van der Waals surface area (Å²) < 4.78 is 18.4. The summed E-state index contributed by atoms with van der Waals surface area (Å²) in [6.07, 6.45) is -0.249. The lowest BCUT2D eigenvalue weighted by Crippen LogP contribution is -2.32. The number of carbonyl (C=O) groups is 1. The molecule has 3 nitrogen and oxygen atoms in total. The zero-order valence-electron chi connectivity index (χ0n) is 11.8. The average molecular weight is 342 g/mol. The van der Waals surface area contributed by atoms with E-state index in [9.17, 15) is 9.18 Å². The number of nitrogens with one attached hydrogen (secondary N) is 1. The van der Waals surface area contributed by atoms with E-state index in [2.05, 4.69) is 5.32 Å². The van der Waals surface area contributed by atoms with Gasteiger partial charge in [0.2, 0.25) is 0 Å². The first-order chi connectivity index (χ1) is 10.5. The van der Waals surface area contributed by atoms with Crippen LogP contribution in [0.2, 0.25) is 10.0 Å². The number of carbonyl (C=O) groups excluding carboxylic acids is 1. The van der Waals surface area contributed by atoms with Crippen molar-refractivity contribution in [2.75, 3.05) is 5.32 Å². The molecule has 0 radical (unpaired) electrons. The van der Waals surface area contributed by atoms with Crippen molar-refractivity contribution in [1.82, 2.24) is 0 Å². The summed E-state index contributed by atoms with van der Waals surface area (Å²) >= 11 is 11.8. The number of amides is 1. The number of halogens is 3. The van der Waals surface area contributed by atoms with Gasteiger partial charge in [-0.3, -0.25) is 4.79 Å². The molecule has 6 heteroatoms. The third-order valence-corrected chi connectivity index (χ3v) is 3.32. The molecule has 0 bridgehead atoms. The molecule has 116 valence electrons. The summed E-state index contributed by atoms with van der Waals surface area (Å²) in [5.41, 5.74) is 0.489. The van der Waals surface area contributed by atoms with E-state index in [1.54, 1.807) is 18.2 Å². The Morgan fingerprint density at radius 2 is 1.77 bits per heavy atom. The van der Waals surface area contributed by atoms with Gasteiger partial charge < -0.3 is 10.1 Å². The van der Waals surface area contributed by atoms with E-state index in [-0.39, 0.29) is 11.7 Å². The van der Waals surface area contributed by atoms with Gasteiger partial charge in [0.1, 0.15) is 11.6 Å². The lowest BCUT2D eigenvalue weighted by Gasteiger charge is -2.17. The molecular weight excluding hydrogens is 328 g/mol. The first kappa shape index (κ1) is 16.6. The van der Waals surface area contributed by atoms with Gasteiger partial charge in [-0.05, 0) is 48.9 Å². The van der Waals surface area contributed by atoms with E-state index in [0.717, 1.165) is 0 Å². The molecule has 22 heavy (non-hydrogen) atoms. The Morgan fingerprint density at radius 3 is 2.32 bits per heavy atom. The molecule has 0 aliphatic carbocycles. The van der Waals surface area contributed by atoms with Crippen LogP contribution in [-0.2, 0) is 4.79 Å². The Labute approximate surface area is 138 Å². The van der Waals surface area contributed by atoms with E-state index in [4.69, 9.17) is 27.9 Å². The van der Waals surface area contributed by atoms with Gasteiger partial charge in [-0.1, -0.05) is 30.1 Å². The van der Waals surface area contributed by atoms with Crippen molar-refractivity contribution in [2.24, 2.45) is 0 Å². The monoisotopic (exact) mass is 341 g/mol. The third kappa shape index (κ3) is 4.61. The lowest BCUT2D eigenvalue weighted by atomic mass is 10.2. The number of ether oxygens (including phenoxy) is 1. The Kier molecular flexibility index (Phi) is 5.63. The highest BCUT2D eigenvalue weighted by molar-refractivity contribution is 6.35. The average Bonchev–Trinajstić information content (AvgIpc) is 2.45. The minimum atomic E-state index is -0.705. The SMILES string of the molecule is CCC(Oc1ccc(F)cc1)C(=O)Nc1cc(Cl)cc(Cl)c1. The van der Waals surface area contributed by atoms with Crippen LogP contribution in [0.5, 0.6) is 5.75 Å². The molecule has 0 aliphatic rings. The lowest BCUT2D eigenvalue weighted by molar-refractivity contribution is -0.122. The van der Waals surface area contributed by atoms with Crippen LogP contribution in [0, 0.1) is 5.82 Å². The highest BCUT2D eigenvalue weighted by Crippen LogP contribution is 2.23. The maximum Gasteiger partial charge on any atom is 0.265 e. The van der Waals surface area contributed by atoms with Crippen LogP contribution < -0.4 is 10.1 Å². The van der Waals surface area contributed by atoms with Crippen LogP contribution in [0.4, 0.5) is 10.1 Å². The summed E-state index contributed by atoms with van der Waals surface area (Å²) in [5.74, 6) is -0.267. The molecule has 0 saturated heterocycles. The molecule has 0 heterocycles. The van der Waals surface area contributed by atoms with E-state index < -0.39 is 6.10 Å². The van der Waals surface area contributed by atoms with E-state index in [1.165, 1.54) is 24.3 Å². The fourth-order valence-electron chi connectivity index (χ4n) is 1.85. The van der Waals surface area contributed by atoms with Crippen molar-refractivity contribution >= 4 is 34.8 Å². The van der Waals surface area contributed by atoms with Crippen LogP contribution in [-0.4, -0.2) is 12.0 Å². The van der Waals surface area contributed by atoms with Crippen molar-refractivity contribution in [1.29, 1.82) is 0 Å². The minimum Gasteiger partial charge on any atom is -0.481 e. The summed E-state index contributed by atoms with van der Waals surface area (Å²) in [4.78, 5) is 12.2. The van der Waals surface area contributed by atoms with E-state index in [0.29, 0.717) is 27.9 Å². The van der Waals surface area contributed by atoms with Gasteiger partial charge in [0.05, 0.1) is 0 Å². The molecule has 0 fully saturated rings. The zero-order chi connectivity index (χ0) is 16.1. The Hall–Kier alpha value is -1.78. The minimum absolute atomic E-state index is 0.329. The van der Waals surface area contributed by atoms with Crippen molar-refractivity contribution in [3.8, 4) is 5.75 Å². The van der Waals surface area contributed by atoms with Gasteiger partial charge >= 0.3 is 0 Å². The number of hydrogen-bond donors (Lipinski definition) is 1. The number of anilines is 1. The molecule has 0 aliphatic heterocycles. The summed E-state index contributed by atoms with van der Waals surface area (Å²) in [6.45, 7) is 1.82. The first-order valence-corrected chi connectivity index (χ1v) is 7.42. The number of hydrogen-bond acceptors (Lipinski definition) is 2. The predicted molar refractivity (Wildman–Crippen MR) is 86.2 cm³/mol. The molecule has 1 N–H and O–H groups in total. The number of benzene rings is 2. The standard InChI is InChI=1S/C16H14Cl2FNO2/c1-2-15(22-14-5-3-12(19)4-6-14)16(21)20-13-8-10(17)7-11(18)9-13/h3-9,15H,2H2,1H3,(H,20,21). The van der Waals surface area contributed by atoms with Crippen molar-refractivity contribution in [2.45, 2.75) is 19.4 Å².